The van der Waals surface area contributed by atoms with Crippen LogP contribution in [0.4, 0.5) is 0 Å². The van der Waals surface area contributed by atoms with Gasteiger partial charge in [0.2, 0.25) is 0 Å². The van der Waals surface area contributed by atoms with Crippen molar-refractivity contribution in [2.45, 2.75) is 104 Å². The van der Waals surface area contributed by atoms with Gasteiger partial charge in [0.25, 0.3) is 0 Å². The summed E-state index contributed by atoms with van der Waals surface area (Å²) in [6.07, 6.45) is 13.7. The van der Waals surface area contributed by atoms with Gasteiger partial charge in [0.15, 0.2) is 0 Å². The van der Waals surface area contributed by atoms with Crippen molar-refractivity contribution in [2.75, 3.05) is 13.2 Å². The molecule has 0 aliphatic carbocycles. The van der Waals surface area contributed by atoms with E-state index in [1.807, 2.05) is 0 Å². The first-order valence-corrected chi connectivity index (χ1v) is 9.05. The Balaban J connectivity index is 3.61. The molecule has 2 heteroatoms. The molecule has 0 heterocycles. The van der Waals surface area contributed by atoms with Crippen LogP contribution in [0.15, 0.2) is 0 Å². The molecule has 0 bridgehead atoms. The summed E-state index contributed by atoms with van der Waals surface area (Å²) in [4.78, 5) is 0. The fourth-order valence-corrected chi connectivity index (χ4v) is 2.48. The number of rotatable bonds is 15. The van der Waals surface area contributed by atoms with Crippen LogP contribution in [0.25, 0.3) is 0 Å². The van der Waals surface area contributed by atoms with E-state index in [-0.39, 0.29) is 0 Å². The van der Waals surface area contributed by atoms with Crippen LogP contribution in [0, 0.1) is 0 Å². The zero-order valence-electron chi connectivity index (χ0n) is 14.5. The van der Waals surface area contributed by atoms with E-state index in [4.69, 9.17) is 4.74 Å². The number of hydrogen-bond donors (Lipinski definition) is 1. The summed E-state index contributed by atoms with van der Waals surface area (Å²) in [6, 6.07) is 0.749. The Labute approximate surface area is 128 Å². The lowest BCUT2D eigenvalue weighted by molar-refractivity contribution is 0.0759. The van der Waals surface area contributed by atoms with Crippen molar-refractivity contribution < 1.29 is 4.74 Å². The summed E-state index contributed by atoms with van der Waals surface area (Å²) in [6.45, 7) is 10.9. The fourth-order valence-electron chi connectivity index (χ4n) is 2.48. The van der Waals surface area contributed by atoms with E-state index in [0.29, 0.717) is 6.10 Å². The molecule has 1 N–H and O–H groups in total. The van der Waals surface area contributed by atoms with Crippen molar-refractivity contribution in [1.82, 2.24) is 5.32 Å². The molecule has 0 aromatic heterocycles. The van der Waals surface area contributed by atoms with Gasteiger partial charge in [0, 0.05) is 12.6 Å². The van der Waals surface area contributed by atoms with Crippen molar-refractivity contribution in [3.8, 4) is 0 Å². The third kappa shape index (κ3) is 14.3. The maximum absolute atomic E-state index is 5.58. The second-order valence-corrected chi connectivity index (χ2v) is 6.27. The predicted octanol–water partition coefficient (Wildman–Crippen LogP) is 5.31. The normalized spacial score (nSPS) is 11.7. The molecule has 0 unspecified atom stereocenters. The number of ether oxygens (including phenoxy) is 1. The molecule has 0 atom stereocenters. The Morgan fingerprint density at radius 3 is 1.90 bits per heavy atom. The third-order valence-electron chi connectivity index (χ3n) is 3.77. The van der Waals surface area contributed by atoms with Gasteiger partial charge in [0.1, 0.15) is 0 Å². The van der Waals surface area contributed by atoms with Crippen LogP contribution in [-0.2, 0) is 4.74 Å². The van der Waals surface area contributed by atoms with Crippen LogP contribution in [0.5, 0.6) is 0 Å². The highest BCUT2D eigenvalue weighted by Crippen LogP contribution is 2.11. The van der Waals surface area contributed by atoms with Gasteiger partial charge in [-0.15, -0.1) is 0 Å². The van der Waals surface area contributed by atoms with E-state index >= 15 is 0 Å². The molecule has 20 heavy (non-hydrogen) atoms. The van der Waals surface area contributed by atoms with Gasteiger partial charge in [-0.1, -0.05) is 52.4 Å². The molecule has 0 amide bonds. The van der Waals surface area contributed by atoms with Crippen LogP contribution in [0.1, 0.15) is 91.9 Å². The van der Waals surface area contributed by atoms with Crippen LogP contribution in [0.2, 0.25) is 0 Å². The average molecular weight is 286 g/mol. The Hall–Kier alpha value is -0.0800. The van der Waals surface area contributed by atoms with Gasteiger partial charge in [-0.2, -0.15) is 0 Å². The van der Waals surface area contributed by atoms with E-state index in [2.05, 4.69) is 33.0 Å². The van der Waals surface area contributed by atoms with Gasteiger partial charge in [-0.3, -0.25) is 0 Å². The molecular formula is C18H39NO. The maximum Gasteiger partial charge on any atom is 0.0518 e. The Kier molecular flexibility index (Phi) is 15.3. The van der Waals surface area contributed by atoms with Crippen molar-refractivity contribution in [3.63, 3.8) is 0 Å². The van der Waals surface area contributed by atoms with Gasteiger partial charge in [-0.25, -0.2) is 0 Å². The van der Waals surface area contributed by atoms with E-state index in [1.54, 1.807) is 0 Å². The first kappa shape index (κ1) is 19.9. The third-order valence-corrected chi connectivity index (χ3v) is 3.77. The first-order valence-electron chi connectivity index (χ1n) is 9.05. The summed E-state index contributed by atoms with van der Waals surface area (Å²) in [5.74, 6) is 0. The van der Waals surface area contributed by atoms with Gasteiger partial charge >= 0.3 is 0 Å². The highest BCUT2D eigenvalue weighted by Gasteiger charge is 2.07. The zero-order valence-corrected chi connectivity index (χ0v) is 14.5. The lowest BCUT2D eigenvalue weighted by atomic mass is 10.0. The lowest BCUT2D eigenvalue weighted by Gasteiger charge is -2.19. The number of hydrogen-bond acceptors (Lipinski definition) is 2. The molecule has 0 aromatic carbocycles. The average Bonchev–Trinajstić information content (AvgIpc) is 2.42. The summed E-state index contributed by atoms with van der Waals surface area (Å²) < 4.78 is 5.58. The van der Waals surface area contributed by atoms with Crippen LogP contribution >= 0.6 is 0 Å². The van der Waals surface area contributed by atoms with E-state index < -0.39 is 0 Å². The predicted molar refractivity (Wildman–Crippen MR) is 90.4 cm³/mol. The Morgan fingerprint density at radius 1 is 0.800 bits per heavy atom. The topological polar surface area (TPSA) is 21.3 Å². The minimum absolute atomic E-state index is 0.374. The second-order valence-electron chi connectivity index (χ2n) is 6.27. The largest absolute Gasteiger partial charge is 0.379 e. The zero-order chi connectivity index (χ0) is 15.1. The minimum Gasteiger partial charge on any atom is -0.379 e. The highest BCUT2D eigenvalue weighted by molar-refractivity contribution is 4.67. The first-order chi connectivity index (χ1) is 9.70. The highest BCUT2D eigenvalue weighted by atomic mass is 16.5. The molecule has 0 spiro atoms. The van der Waals surface area contributed by atoms with Gasteiger partial charge in [-0.05, 0) is 46.1 Å². The summed E-state index contributed by atoms with van der Waals surface area (Å²) in [7, 11) is 0. The van der Waals surface area contributed by atoms with Gasteiger partial charge in [0.05, 0.1) is 6.10 Å². The SMILES string of the molecule is CCCCCC(CCCCC)NCCCCOC(C)C. The Bertz CT molecular complexity index is 172. The standard InChI is InChI=1S/C18H39NO/c1-5-7-9-13-18(14-10-8-6-2)19-15-11-12-16-20-17(3)4/h17-19H,5-16H2,1-4H3. The molecule has 0 rings (SSSR count). The summed E-state index contributed by atoms with van der Waals surface area (Å²) in [5.41, 5.74) is 0. The Morgan fingerprint density at radius 2 is 1.40 bits per heavy atom. The lowest BCUT2D eigenvalue weighted by Crippen LogP contribution is -2.30. The summed E-state index contributed by atoms with van der Waals surface area (Å²) >= 11 is 0. The molecule has 0 saturated carbocycles. The van der Waals surface area contributed by atoms with E-state index in [0.717, 1.165) is 19.2 Å². The molecule has 2 nitrogen and oxygen atoms in total. The smallest absolute Gasteiger partial charge is 0.0518 e. The molecule has 0 radical (unpaired) electrons. The molecule has 0 aliphatic heterocycles. The molecule has 0 saturated heterocycles. The molecule has 0 aliphatic rings. The fraction of sp³-hybridized carbons (Fsp3) is 1.00. The maximum atomic E-state index is 5.58. The van der Waals surface area contributed by atoms with Crippen LogP contribution in [-0.4, -0.2) is 25.3 Å². The van der Waals surface area contributed by atoms with Crippen molar-refractivity contribution in [3.05, 3.63) is 0 Å². The molecule has 0 aromatic rings. The van der Waals surface area contributed by atoms with Crippen LogP contribution in [0.3, 0.4) is 0 Å². The number of unbranched alkanes of at least 4 members (excludes halogenated alkanes) is 5. The van der Waals surface area contributed by atoms with Crippen molar-refractivity contribution >= 4 is 0 Å². The molecular weight excluding hydrogens is 246 g/mol. The van der Waals surface area contributed by atoms with Gasteiger partial charge < -0.3 is 10.1 Å². The number of nitrogens with one attached hydrogen (secondary N) is 1. The van der Waals surface area contributed by atoms with Crippen LogP contribution < -0.4 is 5.32 Å². The van der Waals surface area contributed by atoms with E-state index in [9.17, 15) is 0 Å². The van der Waals surface area contributed by atoms with Crippen molar-refractivity contribution in [1.29, 1.82) is 0 Å². The second kappa shape index (κ2) is 15.3. The molecule has 0 fully saturated rings. The quantitative estimate of drug-likeness (QED) is 0.412. The summed E-state index contributed by atoms with van der Waals surface area (Å²) in [5, 5.41) is 3.77. The van der Waals surface area contributed by atoms with Crippen molar-refractivity contribution in [2.24, 2.45) is 0 Å². The minimum atomic E-state index is 0.374. The molecule has 122 valence electrons. The monoisotopic (exact) mass is 285 g/mol. The van der Waals surface area contributed by atoms with E-state index in [1.165, 1.54) is 64.2 Å².